The quantitative estimate of drug-likeness (QED) is 0.567. The maximum absolute atomic E-state index is 5.98. The van der Waals surface area contributed by atoms with Gasteiger partial charge in [0.15, 0.2) is 5.82 Å². The number of pyridine rings is 1. The normalized spacial score (nSPS) is 12.3. The Morgan fingerprint density at radius 3 is 2.53 bits per heavy atom. The molecule has 4 nitrogen and oxygen atoms in total. The lowest BCUT2D eigenvalue weighted by Crippen LogP contribution is -2.16. The third-order valence-electron chi connectivity index (χ3n) is 2.06. The van der Waals surface area contributed by atoms with Crippen molar-refractivity contribution in [3.63, 3.8) is 0 Å². The van der Waals surface area contributed by atoms with Crippen molar-refractivity contribution in [3.05, 3.63) is 16.1 Å². The summed E-state index contributed by atoms with van der Waals surface area (Å²) in [7, 11) is 0. The number of hydrogen-bond acceptors (Lipinski definition) is 4. The molecule has 0 aromatic carbocycles. The summed E-state index contributed by atoms with van der Waals surface area (Å²) in [5, 5.41) is 4.05. The molecule has 0 aliphatic heterocycles. The fraction of sp³-hybridized carbons (Fsp3) is 0.444. The molecule has 0 bridgehead atoms. The molecule has 4 N–H and O–H groups in total. The average molecular weight is 249 g/mol. The van der Waals surface area contributed by atoms with E-state index < -0.39 is 0 Å². The largest absolute Gasteiger partial charge is 0.366 e. The number of aromatic nitrogens is 1. The zero-order chi connectivity index (χ0) is 11.4. The number of nitrogen functional groups attached to an aromatic ring is 1. The third-order valence-corrected chi connectivity index (χ3v) is 2.64. The highest BCUT2D eigenvalue weighted by Gasteiger charge is 2.09. The molecule has 0 aliphatic rings. The zero-order valence-electron chi connectivity index (χ0n) is 8.64. The Morgan fingerprint density at radius 1 is 1.40 bits per heavy atom. The average Bonchev–Trinajstić information content (AvgIpc) is 2.21. The van der Waals surface area contributed by atoms with Crippen LogP contribution in [0.15, 0.2) is 6.07 Å². The fourth-order valence-corrected chi connectivity index (χ4v) is 1.47. The number of nitrogens with zero attached hydrogens (tertiary/aromatic N) is 1. The van der Waals surface area contributed by atoms with Gasteiger partial charge in [0.1, 0.15) is 5.82 Å². The van der Waals surface area contributed by atoms with E-state index in [0.717, 1.165) is 6.42 Å². The van der Waals surface area contributed by atoms with Gasteiger partial charge >= 0.3 is 0 Å². The summed E-state index contributed by atoms with van der Waals surface area (Å²) >= 11 is 11.8. The van der Waals surface area contributed by atoms with Crippen molar-refractivity contribution in [1.29, 1.82) is 0 Å². The monoisotopic (exact) mass is 248 g/mol. The molecule has 0 saturated carbocycles. The van der Waals surface area contributed by atoms with E-state index in [0.29, 0.717) is 27.7 Å². The summed E-state index contributed by atoms with van der Waals surface area (Å²) in [6, 6.07) is 1.90. The Balaban J connectivity index is 2.97. The van der Waals surface area contributed by atoms with E-state index in [1.54, 1.807) is 6.07 Å². The van der Waals surface area contributed by atoms with E-state index in [2.05, 4.69) is 22.7 Å². The second-order valence-electron chi connectivity index (χ2n) is 3.25. The van der Waals surface area contributed by atoms with E-state index in [-0.39, 0.29) is 0 Å². The third kappa shape index (κ3) is 3.12. The van der Waals surface area contributed by atoms with Crippen LogP contribution in [-0.2, 0) is 0 Å². The van der Waals surface area contributed by atoms with Crippen LogP contribution in [0.3, 0.4) is 0 Å². The number of rotatable bonds is 4. The minimum atomic E-state index is 0.293. The van der Waals surface area contributed by atoms with Gasteiger partial charge in [-0.1, -0.05) is 30.1 Å². The molecule has 84 valence electrons. The number of nitrogens with two attached hydrogens (primary N) is 1. The minimum absolute atomic E-state index is 0.293. The molecule has 1 heterocycles. The number of hydrazine groups is 1. The second kappa shape index (κ2) is 5.39. The van der Waals surface area contributed by atoms with Gasteiger partial charge in [0, 0.05) is 6.04 Å². The maximum atomic E-state index is 5.98. The highest BCUT2D eigenvalue weighted by Crippen LogP contribution is 2.29. The van der Waals surface area contributed by atoms with Crippen LogP contribution in [-0.4, -0.2) is 11.0 Å². The van der Waals surface area contributed by atoms with Crippen molar-refractivity contribution in [2.24, 2.45) is 5.84 Å². The summed E-state index contributed by atoms with van der Waals surface area (Å²) in [5.41, 5.74) is 2.41. The van der Waals surface area contributed by atoms with Crippen LogP contribution in [0, 0.1) is 0 Å². The molecule has 15 heavy (non-hydrogen) atoms. The Bertz CT molecular complexity index is 343. The van der Waals surface area contributed by atoms with Crippen LogP contribution in [0.2, 0.25) is 10.0 Å². The lowest BCUT2D eigenvalue weighted by atomic mass is 10.2. The molecule has 0 spiro atoms. The molecule has 0 amide bonds. The van der Waals surface area contributed by atoms with Crippen LogP contribution in [0.4, 0.5) is 11.6 Å². The minimum Gasteiger partial charge on any atom is -0.366 e. The van der Waals surface area contributed by atoms with Gasteiger partial charge in [-0.3, -0.25) is 0 Å². The van der Waals surface area contributed by atoms with E-state index >= 15 is 0 Å². The topological polar surface area (TPSA) is 63.0 Å². The molecule has 1 aromatic heterocycles. The van der Waals surface area contributed by atoms with Gasteiger partial charge in [-0.05, 0) is 19.4 Å². The highest BCUT2D eigenvalue weighted by atomic mass is 35.5. The molecule has 1 aromatic rings. The summed E-state index contributed by atoms with van der Waals surface area (Å²) in [6.45, 7) is 4.12. The summed E-state index contributed by atoms with van der Waals surface area (Å²) in [4.78, 5) is 4.17. The molecule has 1 rings (SSSR count). The van der Waals surface area contributed by atoms with Gasteiger partial charge in [-0.25, -0.2) is 10.8 Å². The predicted molar refractivity (Wildman–Crippen MR) is 65.4 cm³/mol. The number of anilines is 2. The number of nitrogens with one attached hydrogen (secondary N) is 2. The zero-order valence-corrected chi connectivity index (χ0v) is 10.2. The predicted octanol–water partition coefficient (Wildman–Crippen LogP) is 2.88. The van der Waals surface area contributed by atoms with Crippen LogP contribution < -0.4 is 16.6 Å². The van der Waals surface area contributed by atoms with Gasteiger partial charge in [-0.2, -0.15) is 0 Å². The molecule has 0 aliphatic carbocycles. The van der Waals surface area contributed by atoms with Crippen molar-refractivity contribution in [2.75, 3.05) is 10.7 Å². The Labute approximate surface area is 99.1 Å². The fourth-order valence-electron chi connectivity index (χ4n) is 1.00. The van der Waals surface area contributed by atoms with Gasteiger partial charge in [0.05, 0.1) is 10.0 Å². The molecule has 1 atom stereocenters. The van der Waals surface area contributed by atoms with E-state index in [4.69, 9.17) is 29.0 Å². The second-order valence-corrected chi connectivity index (χ2v) is 4.06. The first-order valence-electron chi connectivity index (χ1n) is 4.67. The number of halogens is 2. The molecular formula is C9H14Cl2N4. The van der Waals surface area contributed by atoms with Crippen molar-refractivity contribution in [2.45, 2.75) is 26.3 Å². The molecule has 0 radical (unpaired) electrons. The van der Waals surface area contributed by atoms with Crippen LogP contribution in [0.5, 0.6) is 0 Å². The lowest BCUT2D eigenvalue weighted by Gasteiger charge is -2.14. The van der Waals surface area contributed by atoms with Gasteiger partial charge in [0.25, 0.3) is 0 Å². The summed E-state index contributed by atoms with van der Waals surface area (Å²) in [6.07, 6.45) is 0.978. The van der Waals surface area contributed by atoms with Gasteiger partial charge in [0.2, 0.25) is 0 Å². The molecule has 1 unspecified atom stereocenters. The number of hydrogen-bond donors (Lipinski definition) is 3. The van der Waals surface area contributed by atoms with E-state index in [1.165, 1.54) is 0 Å². The van der Waals surface area contributed by atoms with E-state index in [1.807, 2.05) is 6.92 Å². The summed E-state index contributed by atoms with van der Waals surface area (Å²) in [5.74, 6) is 6.26. The van der Waals surface area contributed by atoms with Crippen molar-refractivity contribution in [3.8, 4) is 0 Å². The standard InChI is InChI=1S/C9H14Cl2N4/c1-3-5(2)13-8-6(10)4-7(11)9(14-8)15-12/h4-5H,3,12H2,1-2H3,(H2,13,14,15). The smallest absolute Gasteiger partial charge is 0.161 e. The maximum Gasteiger partial charge on any atom is 0.161 e. The first-order chi connectivity index (χ1) is 7.08. The molecular weight excluding hydrogens is 235 g/mol. The lowest BCUT2D eigenvalue weighted by molar-refractivity contribution is 0.759. The Kier molecular flexibility index (Phi) is 4.45. The summed E-state index contributed by atoms with van der Waals surface area (Å²) < 4.78 is 0. The highest BCUT2D eigenvalue weighted by molar-refractivity contribution is 6.37. The molecule has 0 fully saturated rings. The van der Waals surface area contributed by atoms with Crippen molar-refractivity contribution >= 4 is 34.8 Å². The van der Waals surface area contributed by atoms with Crippen LogP contribution in [0.1, 0.15) is 20.3 Å². The SMILES string of the molecule is CCC(C)Nc1nc(NN)c(Cl)cc1Cl. The van der Waals surface area contributed by atoms with Crippen molar-refractivity contribution < 1.29 is 0 Å². The van der Waals surface area contributed by atoms with Gasteiger partial charge in [-0.15, -0.1) is 0 Å². The Hall–Kier alpha value is -0.710. The van der Waals surface area contributed by atoms with Crippen molar-refractivity contribution in [1.82, 2.24) is 4.98 Å². The van der Waals surface area contributed by atoms with Crippen LogP contribution >= 0.6 is 23.2 Å². The molecule has 6 heteroatoms. The van der Waals surface area contributed by atoms with Gasteiger partial charge < -0.3 is 10.7 Å². The first-order valence-corrected chi connectivity index (χ1v) is 5.43. The van der Waals surface area contributed by atoms with Crippen LogP contribution in [0.25, 0.3) is 0 Å². The molecule has 0 saturated heterocycles. The van der Waals surface area contributed by atoms with E-state index in [9.17, 15) is 0 Å². The first kappa shape index (κ1) is 12.4. The Morgan fingerprint density at radius 2 is 2.00 bits per heavy atom.